The third kappa shape index (κ3) is 7.09. The summed E-state index contributed by atoms with van der Waals surface area (Å²) in [6.45, 7) is 0.746. The third-order valence-electron chi connectivity index (χ3n) is 3.90. The topological polar surface area (TPSA) is 115 Å². The van der Waals surface area contributed by atoms with Crippen LogP contribution in [0.4, 0.5) is 0 Å². The summed E-state index contributed by atoms with van der Waals surface area (Å²) in [6, 6.07) is 14.8. The Bertz CT molecular complexity index is 886. The summed E-state index contributed by atoms with van der Waals surface area (Å²) in [4.78, 5) is 4.21. The molecule has 0 unspecified atom stereocenters. The number of methoxy groups -OCH3 is 2. The summed E-state index contributed by atoms with van der Waals surface area (Å²) >= 11 is 0. The van der Waals surface area contributed by atoms with Gasteiger partial charge in [-0.1, -0.05) is 36.4 Å². The maximum atomic E-state index is 12.0. The summed E-state index contributed by atoms with van der Waals surface area (Å²) in [5, 5.41) is 2.81. The predicted molar refractivity (Wildman–Crippen MR) is 110 cm³/mol. The van der Waals surface area contributed by atoms with Gasteiger partial charge >= 0.3 is 0 Å². The van der Waals surface area contributed by atoms with E-state index < -0.39 is 10.0 Å². The lowest BCUT2D eigenvalue weighted by Crippen LogP contribution is -2.37. The molecule has 0 aromatic heterocycles. The van der Waals surface area contributed by atoms with E-state index in [1.165, 1.54) is 0 Å². The second kappa shape index (κ2) is 10.5. The minimum absolute atomic E-state index is 0.105. The summed E-state index contributed by atoms with van der Waals surface area (Å²) in [7, 11) is -0.280. The molecule has 0 bridgehead atoms. The molecule has 2 rings (SSSR count). The number of nitrogens with zero attached hydrogens (tertiary/aromatic N) is 1. The monoisotopic (exact) mass is 406 g/mol. The molecule has 8 nitrogen and oxygen atoms in total. The molecule has 0 saturated carbocycles. The van der Waals surface area contributed by atoms with Crippen molar-refractivity contribution < 1.29 is 17.9 Å². The van der Waals surface area contributed by atoms with Crippen LogP contribution in [0.5, 0.6) is 11.5 Å². The first-order chi connectivity index (χ1) is 13.4. The molecule has 0 heterocycles. The van der Waals surface area contributed by atoms with Gasteiger partial charge in [0.05, 0.1) is 26.5 Å². The van der Waals surface area contributed by atoms with Gasteiger partial charge in [-0.05, 0) is 23.3 Å². The first kappa shape index (κ1) is 21.5. The number of hydrogen-bond acceptors (Lipinski definition) is 5. The maximum Gasteiger partial charge on any atom is 0.213 e. The van der Waals surface area contributed by atoms with Crippen molar-refractivity contribution in [2.75, 3.05) is 26.5 Å². The summed E-state index contributed by atoms with van der Waals surface area (Å²) < 4.78 is 37.1. The zero-order chi connectivity index (χ0) is 20.4. The van der Waals surface area contributed by atoms with Crippen molar-refractivity contribution in [3.63, 3.8) is 0 Å². The lowest BCUT2D eigenvalue weighted by molar-refractivity contribution is 0.354. The van der Waals surface area contributed by atoms with E-state index in [1.807, 2.05) is 42.5 Å². The molecule has 2 aromatic rings. The van der Waals surface area contributed by atoms with Crippen molar-refractivity contribution in [1.29, 1.82) is 0 Å². The van der Waals surface area contributed by atoms with E-state index >= 15 is 0 Å². The van der Waals surface area contributed by atoms with Gasteiger partial charge in [0.25, 0.3) is 0 Å². The fourth-order valence-electron chi connectivity index (χ4n) is 2.39. The Balaban J connectivity index is 1.79. The molecular formula is C19H26N4O4S. The summed E-state index contributed by atoms with van der Waals surface area (Å²) in [5.74, 6) is 1.31. The molecule has 0 saturated heterocycles. The van der Waals surface area contributed by atoms with Crippen molar-refractivity contribution in [1.82, 2.24) is 10.0 Å². The van der Waals surface area contributed by atoms with Crippen LogP contribution in [0.2, 0.25) is 0 Å². The quantitative estimate of drug-likeness (QED) is 0.404. The number of rotatable bonds is 10. The molecule has 28 heavy (non-hydrogen) atoms. The number of nitrogens with one attached hydrogen (secondary N) is 2. The van der Waals surface area contributed by atoms with Gasteiger partial charge in [0, 0.05) is 13.1 Å². The molecular weight excluding hydrogens is 380 g/mol. The van der Waals surface area contributed by atoms with Crippen molar-refractivity contribution in [2.24, 2.45) is 10.7 Å². The molecule has 2 aromatic carbocycles. The molecule has 0 aliphatic heterocycles. The van der Waals surface area contributed by atoms with Crippen LogP contribution in [0.25, 0.3) is 0 Å². The summed E-state index contributed by atoms with van der Waals surface area (Å²) in [6.07, 6.45) is 0. The highest BCUT2D eigenvalue weighted by atomic mass is 32.2. The smallest absolute Gasteiger partial charge is 0.213 e. The van der Waals surface area contributed by atoms with Gasteiger partial charge < -0.3 is 20.5 Å². The van der Waals surface area contributed by atoms with Crippen molar-refractivity contribution in [3.8, 4) is 11.5 Å². The predicted octanol–water partition coefficient (Wildman–Crippen LogP) is 1.23. The number of benzene rings is 2. The number of ether oxygens (including phenoxy) is 2. The fourth-order valence-corrected chi connectivity index (χ4v) is 3.29. The van der Waals surface area contributed by atoms with Crippen LogP contribution in [0.3, 0.4) is 0 Å². The van der Waals surface area contributed by atoms with Crippen LogP contribution in [0.15, 0.2) is 53.5 Å². The molecule has 0 atom stereocenters. The normalized spacial score (nSPS) is 11.9. The number of nitrogens with two attached hydrogens (primary N) is 1. The SMILES string of the molecule is COc1ccc(CN=C(N)NCCS(=O)(=O)NCc2ccccc2)cc1OC. The Kier molecular flexibility index (Phi) is 8.09. The molecule has 152 valence electrons. The van der Waals surface area contributed by atoms with E-state index in [-0.39, 0.29) is 24.8 Å². The Morgan fingerprint density at radius 2 is 1.75 bits per heavy atom. The van der Waals surface area contributed by atoms with E-state index in [2.05, 4.69) is 15.0 Å². The van der Waals surface area contributed by atoms with Crippen LogP contribution in [-0.4, -0.2) is 40.9 Å². The second-order valence-electron chi connectivity index (χ2n) is 5.94. The largest absolute Gasteiger partial charge is 0.493 e. The van der Waals surface area contributed by atoms with E-state index in [0.717, 1.165) is 11.1 Å². The Morgan fingerprint density at radius 1 is 1.04 bits per heavy atom. The molecule has 0 fully saturated rings. The van der Waals surface area contributed by atoms with Gasteiger partial charge in [0.2, 0.25) is 10.0 Å². The maximum absolute atomic E-state index is 12.0. The first-order valence-corrected chi connectivity index (χ1v) is 10.3. The summed E-state index contributed by atoms with van der Waals surface area (Å²) in [5.41, 5.74) is 7.60. The zero-order valence-corrected chi connectivity index (χ0v) is 16.8. The van der Waals surface area contributed by atoms with E-state index in [9.17, 15) is 8.42 Å². The van der Waals surface area contributed by atoms with Crippen molar-refractivity contribution in [2.45, 2.75) is 13.1 Å². The fraction of sp³-hybridized carbons (Fsp3) is 0.316. The number of hydrogen-bond donors (Lipinski definition) is 3. The Labute approximate surface area is 165 Å². The van der Waals surface area contributed by atoms with E-state index in [4.69, 9.17) is 15.2 Å². The third-order valence-corrected chi connectivity index (χ3v) is 5.22. The second-order valence-corrected chi connectivity index (χ2v) is 7.87. The van der Waals surface area contributed by atoms with Crippen LogP contribution < -0.4 is 25.2 Å². The Hall–Kier alpha value is -2.78. The van der Waals surface area contributed by atoms with E-state index in [0.29, 0.717) is 18.0 Å². The zero-order valence-electron chi connectivity index (χ0n) is 16.0. The average Bonchev–Trinajstić information content (AvgIpc) is 2.71. The lowest BCUT2D eigenvalue weighted by Gasteiger charge is -2.10. The van der Waals surface area contributed by atoms with Crippen LogP contribution in [0.1, 0.15) is 11.1 Å². The Morgan fingerprint density at radius 3 is 2.43 bits per heavy atom. The van der Waals surface area contributed by atoms with Crippen LogP contribution >= 0.6 is 0 Å². The highest BCUT2D eigenvalue weighted by Crippen LogP contribution is 2.27. The highest BCUT2D eigenvalue weighted by Gasteiger charge is 2.10. The molecule has 9 heteroatoms. The molecule has 0 aliphatic rings. The van der Waals surface area contributed by atoms with Crippen LogP contribution in [-0.2, 0) is 23.1 Å². The molecule has 0 spiro atoms. The molecule has 4 N–H and O–H groups in total. The van der Waals surface area contributed by atoms with Crippen molar-refractivity contribution >= 4 is 16.0 Å². The van der Waals surface area contributed by atoms with Gasteiger partial charge in [-0.15, -0.1) is 0 Å². The minimum atomic E-state index is -3.41. The average molecular weight is 407 g/mol. The van der Waals surface area contributed by atoms with Crippen LogP contribution in [0, 0.1) is 0 Å². The van der Waals surface area contributed by atoms with Gasteiger partial charge in [-0.3, -0.25) is 0 Å². The molecule has 0 amide bonds. The molecule has 0 aliphatic carbocycles. The number of sulfonamides is 1. The van der Waals surface area contributed by atoms with Gasteiger partial charge in [0.1, 0.15) is 0 Å². The molecule has 0 radical (unpaired) electrons. The first-order valence-electron chi connectivity index (χ1n) is 8.69. The minimum Gasteiger partial charge on any atom is -0.493 e. The van der Waals surface area contributed by atoms with E-state index in [1.54, 1.807) is 20.3 Å². The number of aliphatic imine (C=N–C) groups is 1. The number of guanidine groups is 1. The van der Waals surface area contributed by atoms with Crippen molar-refractivity contribution in [3.05, 3.63) is 59.7 Å². The highest BCUT2D eigenvalue weighted by molar-refractivity contribution is 7.89. The van der Waals surface area contributed by atoms with Gasteiger partial charge in [0.15, 0.2) is 17.5 Å². The lowest BCUT2D eigenvalue weighted by atomic mass is 10.2. The van der Waals surface area contributed by atoms with Gasteiger partial charge in [-0.2, -0.15) is 0 Å². The van der Waals surface area contributed by atoms with Gasteiger partial charge in [-0.25, -0.2) is 18.1 Å². The standard InChI is InChI=1S/C19H26N4O4S/c1-26-17-9-8-16(12-18(17)27-2)13-22-19(20)21-10-11-28(24,25)23-14-15-6-4-3-5-7-15/h3-9,12,23H,10-11,13-14H2,1-2H3,(H3,20,21,22).